The van der Waals surface area contributed by atoms with E-state index in [2.05, 4.69) is 21.7 Å². The van der Waals surface area contributed by atoms with E-state index in [1.165, 1.54) is 11.3 Å². The second kappa shape index (κ2) is 8.62. The minimum Gasteiger partial charge on any atom is -0.340 e. The number of halogens is 1. The molecule has 114 valence electrons. The second-order valence-corrected chi connectivity index (χ2v) is 6.31. The lowest BCUT2D eigenvalue weighted by atomic mass is 10.1. The van der Waals surface area contributed by atoms with Crippen molar-refractivity contribution in [2.75, 3.05) is 40.3 Å². The van der Waals surface area contributed by atoms with Crippen LogP contribution in [0.3, 0.4) is 0 Å². The van der Waals surface area contributed by atoms with Crippen LogP contribution in [0.4, 0.5) is 0 Å². The Labute approximate surface area is 131 Å². The summed E-state index contributed by atoms with van der Waals surface area (Å²) in [6.07, 6.45) is 1.20. The lowest BCUT2D eigenvalue weighted by Crippen LogP contribution is -2.37. The molecule has 1 unspecified atom stereocenters. The molecule has 0 bridgehead atoms. The standard InChI is InChI=1S/C14H23N3OS.ClH/c1-15-8-12-5-6-17(9-12)11-14(18)16(2)10-13-4-3-7-19-13;/h3-4,7,12,15H,5-6,8-11H2,1-2H3;1H. The Morgan fingerprint density at radius 1 is 1.60 bits per heavy atom. The van der Waals surface area contributed by atoms with Gasteiger partial charge >= 0.3 is 0 Å². The zero-order valence-electron chi connectivity index (χ0n) is 12.2. The number of likely N-dealkylation sites (N-methyl/N-ethyl adjacent to an activating group) is 1. The van der Waals surface area contributed by atoms with Crippen LogP contribution in [0.5, 0.6) is 0 Å². The molecule has 1 atom stereocenters. The molecule has 0 aromatic carbocycles. The van der Waals surface area contributed by atoms with E-state index in [0.29, 0.717) is 12.5 Å². The van der Waals surface area contributed by atoms with E-state index in [-0.39, 0.29) is 18.3 Å². The zero-order valence-corrected chi connectivity index (χ0v) is 13.8. The smallest absolute Gasteiger partial charge is 0.236 e. The summed E-state index contributed by atoms with van der Waals surface area (Å²) in [7, 11) is 3.88. The Kier molecular flexibility index (Phi) is 7.51. The Bertz CT molecular complexity index is 399. The van der Waals surface area contributed by atoms with Crippen molar-refractivity contribution >= 4 is 29.7 Å². The van der Waals surface area contributed by atoms with Gasteiger partial charge in [0.25, 0.3) is 0 Å². The van der Waals surface area contributed by atoms with Crippen LogP contribution in [0.1, 0.15) is 11.3 Å². The Balaban J connectivity index is 0.00000200. The number of nitrogens with one attached hydrogen (secondary N) is 1. The molecule has 20 heavy (non-hydrogen) atoms. The molecule has 6 heteroatoms. The van der Waals surface area contributed by atoms with Crippen LogP contribution in [-0.4, -0.2) is 56.0 Å². The third-order valence-corrected chi connectivity index (χ3v) is 4.48. The van der Waals surface area contributed by atoms with Gasteiger partial charge in [-0.3, -0.25) is 9.69 Å². The third kappa shape index (κ3) is 5.05. The quantitative estimate of drug-likeness (QED) is 0.867. The summed E-state index contributed by atoms with van der Waals surface area (Å²) < 4.78 is 0. The lowest BCUT2D eigenvalue weighted by Gasteiger charge is -2.21. The molecule has 1 aliphatic heterocycles. The summed E-state index contributed by atoms with van der Waals surface area (Å²) in [6, 6.07) is 4.11. The van der Waals surface area contributed by atoms with Crippen molar-refractivity contribution < 1.29 is 4.79 Å². The first-order valence-electron chi connectivity index (χ1n) is 6.82. The molecule has 0 spiro atoms. The minimum atomic E-state index is 0. The SMILES string of the molecule is CNCC1CCN(CC(=O)N(C)Cc2cccs2)C1.Cl. The molecule has 1 saturated heterocycles. The first-order valence-corrected chi connectivity index (χ1v) is 7.70. The highest BCUT2D eigenvalue weighted by Crippen LogP contribution is 2.16. The van der Waals surface area contributed by atoms with Crippen molar-refractivity contribution in [3.05, 3.63) is 22.4 Å². The van der Waals surface area contributed by atoms with Crippen molar-refractivity contribution in [2.45, 2.75) is 13.0 Å². The number of rotatable bonds is 6. The van der Waals surface area contributed by atoms with Gasteiger partial charge in [0.15, 0.2) is 0 Å². The molecule has 0 aliphatic carbocycles. The van der Waals surface area contributed by atoms with Crippen LogP contribution < -0.4 is 5.32 Å². The molecular weight excluding hydrogens is 294 g/mol. The monoisotopic (exact) mass is 317 g/mol. The number of hydrogen-bond donors (Lipinski definition) is 1. The molecule has 0 saturated carbocycles. The van der Waals surface area contributed by atoms with Gasteiger partial charge in [0, 0.05) is 18.5 Å². The predicted octanol–water partition coefficient (Wildman–Crippen LogP) is 1.67. The molecule has 1 amide bonds. The topological polar surface area (TPSA) is 35.6 Å². The largest absolute Gasteiger partial charge is 0.340 e. The van der Waals surface area contributed by atoms with E-state index in [9.17, 15) is 4.79 Å². The fourth-order valence-corrected chi connectivity index (χ4v) is 3.31. The molecule has 0 radical (unpaired) electrons. The average molecular weight is 318 g/mol. The maximum atomic E-state index is 12.2. The fraction of sp³-hybridized carbons (Fsp3) is 0.643. The number of thiophene rings is 1. The number of hydrogen-bond acceptors (Lipinski definition) is 4. The molecule has 2 rings (SSSR count). The number of likely N-dealkylation sites (tertiary alicyclic amines) is 1. The average Bonchev–Trinajstić information content (AvgIpc) is 3.02. The van der Waals surface area contributed by atoms with E-state index < -0.39 is 0 Å². The zero-order chi connectivity index (χ0) is 13.7. The normalized spacial score (nSPS) is 18.8. The lowest BCUT2D eigenvalue weighted by molar-refractivity contribution is -0.131. The first-order chi connectivity index (χ1) is 9.19. The van der Waals surface area contributed by atoms with E-state index in [0.717, 1.165) is 26.2 Å². The molecule has 1 aromatic rings. The predicted molar refractivity (Wildman–Crippen MR) is 86.5 cm³/mol. The summed E-state index contributed by atoms with van der Waals surface area (Å²) in [4.78, 5) is 17.5. The Morgan fingerprint density at radius 2 is 2.40 bits per heavy atom. The summed E-state index contributed by atoms with van der Waals surface area (Å²) in [5.41, 5.74) is 0. The first kappa shape index (κ1) is 17.4. The van der Waals surface area contributed by atoms with Crippen LogP contribution >= 0.6 is 23.7 Å². The van der Waals surface area contributed by atoms with Crippen LogP contribution in [-0.2, 0) is 11.3 Å². The Hall–Kier alpha value is -0.620. The van der Waals surface area contributed by atoms with Crippen LogP contribution in [0.2, 0.25) is 0 Å². The van der Waals surface area contributed by atoms with Gasteiger partial charge in [-0.15, -0.1) is 23.7 Å². The highest BCUT2D eigenvalue weighted by Gasteiger charge is 2.24. The van der Waals surface area contributed by atoms with Gasteiger partial charge in [-0.25, -0.2) is 0 Å². The van der Waals surface area contributed by atoms with Gasteiger partial charge < -0.3 is 10.2 Å². The molecule has 4 nitrogen and oxygen atoms in total. The number of carbonyl (C=O) groups excluding carboxylic acids is 1. The van der Waals surface area contributed by atoms with Crippen molar-refractivity contribution in [3.8, 4) is 0 Å². The van der Waals surface area contributed by atoms with Gasteiger partial charge in [-0.1, -0.05) is 6.07 Å². The van der Waals surface area contributed by atoms with Gasteiger partial charge in [-0.2, -0.15) is 0 Å². The van der Waals surface area contributed by atoms with E-state index in [4.69, 9.17) is 0 Å². The number of nitrogens with zero attached hydrogens (tertiary/aromatic N) is 2. The van der Waals surface area contributed by atoms with Gasteiger partial charge in [0.1, 0.15) is 0 Å². The van der Waals surface area contributed by atoms with E-state index >= 15 is 0 Å². The van der Waals surface area contributed by atoms with Crippen molar-refractivity contribution in [1.82, 2.24) is 15.1 Å². The van der Waals surface area contributed by atoms with Crippen LogP contribution in [0, 0.1) is 5.92 Å². The maximum Gasteiger partial charge on any atom is 0.236 e. The third-order valence-electron chi connectivity index (χ3n) is 3.62. The number of amides is 1. The summed E-state index contributed by atoms with van der Waals surface area (Å²) in [5, 5.41) is 5.27. The molecule has 2 heterocycles. The van der Waals surface area contributed by atoms with Gasteiger partial charge in [-0.05, 0) is 43.9 Å². The van der Waals surface area contributed by atoms with Crippen LogP contribution in [0.25, 0.3) is 0 Å². The van der Waals surface area contributed by atoms with Gasteiger partial charge in [0.05, 0.1) is 13.1 Å². The molecular formula is C14H24ClN3OS. The molecule has 1 N–H and O–H groups in total. The highest BCUT2D eigenvalue weighted by molar-refractivity contribution is 7.09. The van der Waals surface area contributed by atoms with E-state index in [1.54, 1.807) is 11.3 Å². The van der Waals surface area contributed by atoms with Crippen molar-refractivity contribution in [2.24, 2.45) is 5.92 Å². The Morgan fingerprint density at radius 3 is 3.05 bits per heavy atom. The van der Waals surface area contributed by atoms with Crippen LogP contribution in [0.15, 0.2) is 17.5 Å². The molecule has 1 aliphatic rings. The van der Waals surface area contributed by atoms with E-state index in [1.807, 2.05) is 25.1 Å². The summed E-state index contributed by atoms with van der Waals surface area (Å²) in [5.74, 6) is 0.916. The summed E-state index contributed by atoms with van der Waals surface area (Å²) >= 11 is 1.70. The minimum absolute atomic E-state index is 0. The molecule has 1 fully saturated rings. The molecule has 1 aromatic heterocycles. The highest BCUT2D eigenvalue weighted by atomic mass is 35.5. The second-order valence-electron chi connectivity index (χ2n) is 5.28. The summed E-state index contributed by atoms with van der Waals surface area (Å²) in [6.45, 7) is 4.42. The maximum absolute atomic E-state index is 12.2. The van der Waals surface area contributed by atoms with Crippen molar-refractivity contribution in [3.63, 3.8) is 0 Å². The number of carbonyl (C=O) groups is 1. The fourth-order valence-electron chi connectivity index (χ4n) is 2.55. The van der Waals surface area contributed by atoms with Gasteiger partial charge in [0.2, 0.25) is 5.91 Å². The van der Waals surface area contributed by atoms with Crippen molar-refractivity contribution in [1.29, 1.82) is 0 Å².